The number of amides is 2. The third-order valence-corrected chi connectivity index (χ3v) is 5.18. The molecule has 0 spiro atoms. The largest absolute Gasteiger partial charge is 0.493 e. The molecule has 0 aliphatic carbocycles. The van der Waals surface area contributed by atoms with Crippen LogP contribution in [0.15, 0.2) is 42.5 Å². The molecule has 3 rings (SSSR count). The number of piperidine rings is 1. The molecule has 0 aromatic heterocycles. The average molecular weight is 417 g/mol. The molecule has 154 valence electrons. The van der Waals surface area contributed by atoms with E-state index in [4.69, 9.17) is 21.1 Å². The second-order valence-electron chi connectivity index (χ2n) is 7.00. The standard InChI is InChI=1S/C22H25ClN2O4/c1-15(26)25-10-8-19(9-11-25)29-21-13-17(6-7-20(21)28-2)22(27)24-14-16-4-3-5-18(23)12-16/h3-7,12-13,19H,8-11,14H2,1-2H3,(H,24,27). The number of nitrogens with zero attached hydrogens (tertiary/aromatic N) is 1. The van der Waals surface area contributed by atoms with Gasteiger partial charge in [-0.1, -0.05) is 23.7 Å². The lowest BCUT2D eigenvalue weighted by Gasteiger charge is -2.31. The third kappa shape index (κ3) is 5.64. The van der Waals surface area contributed by atoms with Gasteiger partial charge in [0.1, 0.15) is 6.10 Å². The second-order valence-corrected chi connectivity index (χ2v) is 7.44. The highest BCUT2D eigenvalue weighted by Crippen LogP contribution is 2.31. The maximum Gasteiger partial charge on any atom is 0.251 e. The lowest BCUT2D eigenvalue weighted by Crippen LogP contribution is -2.40. The molecule has 7 heteroatoms. The zero-order valence-electron chi connectivity index (χ0n) is 16.6. The van der Waals surface area contributed by atoms with Crippen molar-refractivity contribution in [2.24, 2.45) is 0 Å². The first-order valence-corrected chi connectivity index (χ1v) is 9.97. The molecule has 2 aromatic rings. The molecule has 0 unspecified atom stereocenters. The zero-order chi connectivity index (χ0) is 20.8. The van der Waals surface area contributed by atoms with Crippen molar-refractivity contribution in [3.8, 4) is 11.5 Å². The fraction of sp³-hybridized carbons (Fsp3) is 0.364. The average Bonchev–Trinajstić information content (AvgIpc) is 2.72. The van der Waals surface area contributed by atoms with Crippen LogP contribution in [0, 0.1) is 0 Å². The minimum atomic E-state index is -0.205. The van der Waals surface area contributed by atoms with Gasteiger partial charge in [0.05, 0.1) is 7.11 Å². The number of hydrogen-bond acceptors (Lipinski definition) is 4. The molecule has 1 fully saturated rings. The number of carbonyl (C=O) groups excluding carboxylic acids is 2. The van der Waals surface area contributed by atoms with E-state index < -0.39 is 0 Å². The van der Waals surface area contributed by atoms with Gasteiger partial charge in [-0.05, 0) is 35.9 Å². The van der Waals surface area contributed by atoms with Crippen molar-refractivity contribution in [2.45, 2.75) is 32.4 Å². The van der Waals surface area contributed by atoms with Gasteiger partial charge in [0.15, 0.2) is 11.5 Å². The van der Waals surface area contributed by atoms with E-state index in [1.165, 1.54) is 0 Å². The van der Waals surface area contributed by atoms with Gasteiger partial charge in [-0.2, -0.15) is 0 Å². The Kier molecular flexibility index (Phi) is 6.99. The molecule has 0 radical (unpaired) electrons. The Bertz CT molecular complexity index is 879. The van der Waals surface area contributed by atoms with E-state index in [2.05, 4.69) is 5.32 Å². The normalized spacial score (nSPS) is 14.4. The van der Waals surface area contributed by atoms with Crippen molar-refractivity contribution in [3.05, 3.63) is 58.6 Å². The van der Waals surface area contributed by atoms with Gasteiger partial charge in [-0.15, -0.1) is 0 Å². The highest BCUT2D eigenvalue weighted by atomic mass is 35.5. The quantitative estimate of drug-likeness (QED) is 0.780. The topological polar surface area (TPSA) is 67.9 Å². The zero-order valence-corrected chi connectivity index (χ0v) is 17.4. The number of hydrogen-bond donors (Lipinski definition) is 1. The van der Waals surface area contributed by atoms with Crippen LogP contribution in [-0.4, -0.2) is 43.0 Å². The summed E-state index contributed by atoms with van der Waals surface area (Å²) in [4.78, 5) is 25.9. The van der Waals surface area contributed by atoms with Crippen molar-refractivity contribution < 1.29 is 19.1 Å². The smallest absolute Gasteiger partial charge is 0.251 e. The van der Waals surface area contributed by atoms with E-state index in [0.717, 1.165) is 18.4 Å². The van der Waals surface area contributed by atoms with Crippen LogP contribution >= 0.6 is 11.6 Å². The van der Waals surface area contributed by atoms with Crippen molar-refractivity contribution in [2.75, 3.05) is 20.2 Å². The predicted molar refractivity (Wildman–Crippen MR) is 112 cm³/mol. The Balaban J connectivity index is 1.65. The van der Waals surface area contributed by atoms with E-state index in [9.17, 15) is 9.59 Å². The monoisotopic (exact) mass is 416 g/mol. The van der Waals surface area contributed by atoms with E-state index in [1.807, 2.05) is 23.1 Å². The molecular weight excluding hydrogens is 392 g/mol. The van der Waals surface area contributed by atoms with Crippen LogP contribution in [0.4, 0.5) is 0 Å². The Morgan fingerprint density at radius 3 is 2.55 bits per heavy atom. The van der Waals surface area contributed by atoms with Crippen LogP contribution in [0.2, 0.25) is 5.02 Å². The molecule has 1 aliphatic rings. The van der Waals surface area contributed by atoms with Crippen molar-refractivity contribution in [1.29, 1.82) is 0 Å². The van der Waals surface area contributed by atoms with Gasteiger partial charge in [0.25, 0.3) is 5.91 Å². The highest BCUT2D eigenvalue weighted by Gasteiger charge is 2.23. The predicted octanol–water partition coefficient (Wildman–Crippen LogP) is 3.67. The first kappa shape index (κ1) is 21.0. The van der Waals surface area contributed by atoms with Crippen molar-refractivity contribution in [1.82, 2.24) is 10.2 Å². The van der Waals surface area contributed by atoms with E-state index >= 15 is 0 Å². The molecule has 1 aliphatic heterocycles. The number of likely N-dealkylation sites (tertiary alicyclic amines) is 1. The van der Waals surface area contributed by atoms with Gasteiger partial charge in [0.2, 0.25) is 5.91 Å². The van der Waals surface area contributed by atoms with Gasteiger partial charge < -0.3 is 19.7 Å². The van der Waals surface area contributed by atoms with Crippen molar-refractivity contribution in [3.63, 3.8) is 0 Å². The van der Waals surface area contributed by atoms with Crippen LogP contribution in [-0.2, 0) is 11.3 Å². The summed E-state index contributed by atoms with van der Waals surface area (Å²) in [5, 5.41) is 3.52. The van der Waals surface area contributed by atoms with Gasteiger partial charge in [0, 0.05) is 50.0 Å². The summed E-state index contributed by atoms with van der Waals surface area (Å²) in [5.74, 6) is 0.984. The SMILES string of the molecule is COc1ccc(C(=O)NCc2cccc(Cl)c2)cc1OC1CCN(C(C)=O)CC1. The number of ether oxygens (including phenoxy) is 2. The van der Waals surface area contributed by atoms with E-state index in [1.54, 1.807) is 38.3 Å². The molecule has 6 nitrogen and oxygen atoms in total. The molecule has 1 heterocycles. The molecule has 1 N–H and O–H groups in total. The molecule has 0 atom stereocenters. The van der Waals surface area contributed by atoms with E-state index in [-0.39, 0.29) is 17.9 Å². The third-order valence-electron chi connectivity index (χ3n) is 4.95. The van der Waals surface area contributed by atoms with Gasteiger partial charge in [-0.3, -0.25) is 9.59 Å². The lowest BCUT2D eigenvalue weighted by molar-refractivity contribution is -0.130. The van der Waals surface area contributed by atoms with Crippen LogP contribution in [0.1, 0.15) is 35.7 Å². The molecular formula is C22H25ClN2O4. The molecule has 29 heavy (non-hydrogen) atoms. The summed E-state index contributed by atoms with van der Waals surface area (Å²) in [7, 11) is 1.57. The maximum atomic E-state index is 12.6. The van der Waals surface area contributed by atoms with Crippen LogP contribution in [0.5, 0.6) is 11.5 Å². The number of halogens is 1. The first-order valence-electron chi connectivity index (χ1n) is 9.59. The number of benzene rings is 2. The number of rotatable bonds is 6. The molecule has 2 aromatic carbocycles. The Morgan fingerprint density at radius 2 is 1.90 bits per heavy atom. The number of nitrogens with one attached hydrogen (secondary N) is 1. The van der Waals surface area contributed by atoms with Crippen LogP contribution in [0.3, 0.4) is 0 Å². The summed E-state index contributed by atoms with van der Waals surface area (Å²) >= 11 is 5.99. The lowest BCUT2D eigenvalue weighted by atomic mass is 10.1. The number of methoxy groups -OCH3 is 1. The molecule has 1 saturated heterocycles. The summed E-state index contributed by atoms with van der Waals surface area (Å²) in [6, 6.07) is 12.5. The Labute approximate surface area is 175 Å². The molecule has 0 saturated carbocycles. The summed E-state index contributed by atoms with van der Waals surface area (Å²) in [6.07, 6.45) is 1.46. The fourth-order valence-corrected chi connectivity index (χ4v) is 3.52. The van der Waals surface area contributed by atoms with Crippen LogP contribution in [0.25, 0.3) is 0 Å². The highest BCUT2D eigenvalue weighted by molar-refractivity contribution is 6.30. The minimum absolute atomic E-state index is 0.0238. The first-order chi connectivity index (χ1) is 14.0. The van der Waals surface area contributed by atoms with Crippen LogP contribution < -0.4 is 14.8 Å². The maximum absolute atomic E-state index is 12.6. The Morgan fingerprint density at radius 1 is 1.14 bits per heavy atom. The summed E-state index contributed by atoms with van der Waals surface area (Å²) < 4.78 is 11.5. The van der Waals surface area contributed by atoms with Gasteiger partial charge >= 0.3 is 0 Å². The van der Waals surface area contributed by atoms with Gasteiger partial charge in [-0.25, -0.2) is 0 Å². The van der Waals surface area contributed by atoms with E-state index in [0.29, 0.717) is 41.7 Å². The Hall–Kier alpha value is -2.73. The fourth-order valence-electron chi connectivity index (χ4n) is 3.31. The second kappa shape index (κ2) is 9.65. The summed E-state index contributed by atoms with van der Waals surface area (Å²) in [6.45, 7) is 3.30. The summed E-state index contributed by atoms with van der Waals surface area (Å²) in [5.41, 5.74) is 1.41. The minimum Gasteiger partial charge on any atom is -0.493 e. The van der Waals surface area contributed by atoms with Crippen molar-refractivity contribution >= 4 is 23.4 Å². The number of carbonyl (C=O) groups is 2. The molecule has 0 bridgehead atoms. The molecule has 2 amide bonds.